The second kappa shape index (κ2) is 4.98. The predicted octanol–water partition coefficient (Wildman–Crippen LogP) is 2.73. The summed E-state index contributed by atoms with van der Waals surface area (Å²) < 4.78 is 5.44. The van der Waals surface area contributed by atoms with Crippen LogP contribution in [0.15, 0.2) is 24.5 Å². The van der Waals surface area contributed by atoms with Gasteiger partial charge in [0.05, 0.1) is 11.5 Å². The van der Waals surface area contributed by atoms with Crippen molar-refractivity contribution < 1.29 is 9.53 Å². The van der Waals surface area contributed by atoms with E-state index in [9.17, 15) is 10.1 Å². The minimum absolute atomic E-state index is 0.183. The smallest absolute Gasteiger partial charge is 0.410 e. The topological polar surface area (TPSA) is 66.2 Å². The first-order valence-electron chi connectivity index (χ1n) is 7.68. The molecular formula is C17H21N3O2. The van der Waals surface area contributed by atoms with E-state index in [-0.39, 0.29) is 12.0 Å². The minimum atomic E-state index is -0.493. The summed E-state index contributed by atoms with van der Waals surface area (Å²) in [5, 5.41) is 9.74. The maximum absolute atomic E-state index is 12.2. The van der Waals surface area contributed by atoms with Crippen LogP contribution in [-0.2, 0) is 10.2 Å². The average Bonchev–Trinajstić information content (AvgIpc) is 3.14. The Morgan fingerprint density at radius 1 is 1.50 bits per heavy atom. The van der Waals surface area contributed by atoms with Crippen molar-refractivity contribution in [2.45, 2.75) is 38.2 Å². The number of nitrogens with zero attached hydrogens (tertiary/aromatic N) is 3. The molecule has 1 aliphatic heterocycles. The molecule has 0 radical (unpaired) electrons. The van der Waals surface area contributed by atoms with E-state index in [4.69, 9.17) is 4.74 Å². The molecule has 5 heteroatoms. The lowest BCUT2D eigenvalue weighted by Crippen LogP contribution is -2.40. The van der Waals surface area contributed by atoms with E-state index in [1.54, 1.807) is 17.3 Å². The number of aromatic nitrogens is 1. The van der Waals surface area contributed by atoms with Crippen LogP contribution in [0.4, 0.5) is 4.79 Å². The van der Waals surface area contributed by atoms with Gasteiger partial charge >= 0.3 is 6.09 Å². The Morgan fingerprint density at radius 3 is 2.86 bits per heavy atom. The average molecular weight is 299 g/mol. The van der Waals surface area contributed by atoms with E-state index >= 15 is 0 Å². The molecule has 0 spiro atoms. The number of likely N-dealkylation sites (tertiary alicyclic amines) is 1. The summed E-state index contributed by atoms with van der Waals surface area (Å²) in [6.07, 6.45) is 4.05. The fourth-order valence-corrected chi connectivity index (χ4v) is 3.62. The summed E-state index contributed by atoms with van der Waals surface area (Å²) >= 11 is 0. The van der Waals surface area contributed by atoms with E-state index < -0.39 is 11.0 Å². The molecule has 22 heavy (non-hydrogen) atoms. The van der Waals surface area contributed by atoms with Crippen LogP contribution in [-0.4, -0.2) is 34.7 Å². The molecule has 3 unspecified atom stereocenters. The maximum Gasteiger partial charge on any atom is 0.410 e. The number of hydrogen-bond donors (Lipinski definition) is 0. The van der Waals surface area contributed by atoms with Gasteiger partial charge in [-0.05, 0) is 44.7 Å². The number of carbonyl (C=O) groups excluding carboxylic acids is 1. The third-order valence-electron chi connectivity index (χ3n) is 4.65. The molecule has 5 nitrogen and oxygen atoms in total. The van der Waals surface area contributed by atoms with Crippen LogP contribution in [0.2, 0.25) is 0 Å². The number of amides is 1. The van der Waals surface area contributed by atoms with Gasteiger partial charge in [-0.15, -0.1) is 0 Å². The molecule has 2 aliphatic rings. The van der Waals surface area contributed by atoms with Crippen molar-refractivity contribution in [3.63, 3.8) is 0 Å². The van der Waals surface area contributed by atoms with Crippen LogP contribution >= 0.6 is 0 Å². The molecule has 1 aliphatic carbocycles. The Hall–Kier alpha value is -2.09. The summed E-state index contributed by atoms with van der Waals surface area (Å²) in [7, 11) is 0. The third-order valence-corrected chi connectivity index (χ3v) is 4.65. The van der Waals surface area contributed by atoms with Crippen LogP contribution in [0.3, 0.4) is 0 Å². The molecule has 3 atom stereocenters. The SMILES string of the molecule is CC(C)(C)OC(=O)N1CCC2C(C1)C2(C#N)c1cccnc1. The molecule has 2 heterocycles. The van der Waals surface area contributed by atoms with Gasteiger partial charge in [-0.2, -0.15) is 5.26 Å². The second-order valence-electron chi connectivity index (χ2n) is 7.15. The van der Waals surface area contributed by atoms with Crippen molar-refractivity contribution in [2.24, 2.45) is 11.8 Å². The third kappa shape index (κ3) is 2.33. The quantitative estimate of drug-likeness (QED) is 0.799. The van der Waals surface area contributed by atoms with E-state index in [0.717, 1.165) is 12.0 Å². The number of hydrogen-bond acceptors (Lipinski definition) is 4. The van der Waals surface area contributed by atoms with Gasteiger partial charge in [0.1, 0.15) is 5.60 Å². The highest BCUT2D eigenvalue weighted by Crippen LogP contribution is 2.63. The van der Waals surface area contributed by atoms with Crippen LogP contribution in [0.25, 0.3) is 0 Å². The molecule has 1 aromatic rings. The monoisotopic (exact) mass is 299 g/mol. The number of pyridine rings is 1. The summed E-state index contributed by atoms with van der Waals surface area (Å²) in [5.41, 5.74) is -0.00317. The number of fused-ring (bicyclic) bond motifs is 1. The summed E-state index contributed by atoms with van der Waals surface area (Å²) in [4.78, 5) is 18.1. The molecule has 2 fully saturated rings. The summed E-state index contributed by atoms with van der Waals surface area (Å²) in [6, 6.07) is 6.33. The molecular weight excluding hydrogens is 278 g/mol. The first-order valence-corrected chi connectivity index (χ1v) is 7.68. The first-order chi connectivity index (χ1) is 10.4. The Balaban J connectivity index is 1.75. The molecule has 1 saturated heterocycles. The number of ether oxygens (including phenoxy) is 1. The lowest BCUT2D eigenvalue weighted by atomic mass is 9.94. The fourth-order valence-electron chi connectivity index (χ4n) is 3.62. The second-order valence-corrected chi connectivity index (χ2v) is 7.15. The standard InChI is InChI=1S/C17H21N3O2/c1-16(2,3)22-15(21)20-8-6-13-14(10-20)17(13,11-18)12-5-4-7-19-9-12/h4-5,7,9,13-14H,6,8,10H2,1-3H3. The molecule has 116 valence electrons. The van der Waals surface area contributed by atoms with E-state index in [1.807, 2.05) is 32.9 Å². The molecule has 1 saturated carbocycles. The van der Waals surface area contributed by atoms with Crippen molar-refractivity contribution >= 4 is 6.09 Å². The highest BCUT2D eigenvalue weighted by atomic mass is 16.6. The van der Waals surface area contributed by atoms with Crippen molar-refractivity contribution in [1.82, 2.24) is 9.88 Å². The number of nitriles is 1. The van der Waals surface area contributed by atoms with Crippen molar-refractivity contribution in [3.8, 4) is 6.07 Å². The zero-order valence-electron chi connectivity index (χ0n) is 13.2. The Morgan fingerprint density at radius 2 is 2.27 bits per heavy atom. The Kier molecular flexibility index (Phi) is 3.36. The molecule has 0 bridgehead atoms. The molecule has 0 N–H and O–H groups in total. The minimum Gasteiger partial charge on any atom is -0.444 e. The van der Waals surface area contributed by atoms with Crippen LogP contribution in [0.5, 0.6) is 0 Å². The zero-order valence-corrected chi connectivity index (χ0v) is 13.2. The lowest BCUT2D eigenvalue weighted by Gasteiger charge is -2.29. The Labute approximate surface area is 130 Å². The van der Waals surface area contributed by atoms with Crippen LogP contribution < -0.4 is 0 Å². The molecule has 1 aromatic heterocycles. The van der Waals surface area contributed by atoms with Gasteiger partial charge in [-0.25, -0.2) is 4.79 Å². The van der Waals surface area contributed by atoms with Crippen molar-refractivity contribution in [3.05, 3.63) is 30.1 Å². The van der Waals surface area contributed by atoms with Gasteiger partial charge in [0.15, 0.2) is 0 Å². The lowest BCUT2D eigenvalue weighted by molar-refractivity contribution is 0.0207. The van der Waals surface area contributed by atoms with Crippen molar-refractivity contribution in [1.29, 1.82) is 5.26 Å². The number of carbonyl (C=O) groups is 1. The number of rotatable bonds is 1. The van der Waals surface area contributed by atoms with Gasteiger partial charge in [-0.1, -0.05) is 6.07 Å². The van der Waals surface area contributed by atoms with Crippen LogP contribution in [0.1, 0.15) is 32.8 Å². The van der Waals surface area contributed by atoms with Gasteiger partial charge in [0.25, 0.3) is 0 Å². The zero-order chi connectivity index (χ0) is 16.0. The van der Waals surface area contributed by atoms with E-state index in [2.05, 4.69) is 11.1 Å². The van der Waals surface area contributed by atoms with Gasteiger partial charge in [-0.3, -0.25) is 4.98 Å². The molecule has 0 aromatic carbocycles. The maximum atomic E-state index is 12.2. The largest absolute Gasteiger partial charge is 0.444 e. The van der Waals surface area contributed by atoms with Gasteiger partial charge < -0.3 is 9.64 Å². The van der Waals surface area contributed by atoms with E-state index in [0.29, 0.717) is 19.0 Å². The highest BCUT2D eigenvalue weighted by molar-refractivity contribution is 5.68. The van der Waals surface area contributed by atoms with Gasteiger partial charge in [0.2, 0.25) is 0 Å². The summed E-state index contributed by atoms with van der Waals surface area (Å²) in [5.74, 6) is 0.503. The molecule has 3 rings (SSSR count). The first kappa shape index (κ1) is 14.8. The Bertz CT molecular complexity index is 617. The highest BCUT2D eigenvalue weighted by Gasteiger charge is 2.68. The summed E-state index contributed by atoms with van der Waals surface area (Å²) in [6.45, 7) is 6.83. The predicted molar refractivity (Wildman–Crippen MR) is 80.9 cm³/mol. The van der Waals surface area contributed by atoms with E-state index in [1.165, 1.54) is 0 Å². The van der Waals surface area contributed by atoms with Crippen LogP contribution in [0, 0.1) is 23.2 Å². The normalized spacial score (nSPS) is 30.2. The number of piperidine rings is 1. The van der Waals surface area contributed by atoms with Gasteiger partial charge in [0, 0.05) is 31.4 Å². The fraction of sp³-hybridized carbons (Fsp3) is 0.588. The molecule has 1 amide bonds. The van der Waals surface area contributed by atoms with Crippen molar-refractivity contribution in [2.75, 3.05) is 13.1 Å².